The van der Waals surface area contributed by atoms with Crippen LogP contribution in [0.1, 0.15) is 6.92 Å². The van der Waals surface area contributed by atoms with Gasteiger partial charge < -0.3 is 0 Å². The second-order valence-electron chi connectivity index (χ2n) is 3.15. The molecule has 1 unspecified atom stereocenters. The molecule has 1 amide bonds. The van der Waals surface area contributed by atoms with Crippen LogP contribution in [0, 0.1) is 5.92 Å². The lowest BCUT2D eigenvalue weighted by Gasteiger charge is -2.09. The van der Waals surface area contributed by atoms with Crippen molar-refractivity contribution in [1.29, 1.82) is 0 Å². The fourth-order valence-electron chi connectivity index (χ4n) is 0.995. The standard InChI is InChI=1S/C10H13ClN2OS/c1-7(10(14)13-12)6-15-9-5-3-2-4-8(9)11/h2-5,7H,6,12H2,1H3,(H,13,14). The SMILES string of the molecule is CC(CSc1ccccc1Cl)C(=O)NN. The summed E-state index contributed by atoms with van der Waals surface area (Å²) in [4.78, 5) is 12.1. The molecule has 1 rings (SSSR count). The number of benzene rings is 1. The van der Waals surface area contributed by atoms with Crippen LogP contribution >= 0.6 is 23.4 Å². The van der Waals surface area contributed by atoms with E-state index in [1.165, 1.54) is 0 Å². The molecular weight excluding hydrogens is 232 g/mol. The van der Waals surface area contributed by atoms with Crippen LogP contribution in [0.2, 0.25) is 5.02 Å². The zero-order chi connectivity index (χ0) is 11.3. The number of carbonyl (C=O) groups is 1. The number of hydrazine groups is 1. The summed E-state index contributed by atoms with van der Waals surface area (Å²) in [6, 6.07) is 7.56. The van der Waals surface area contributed by atoms with E-state index < -0.39 is 0 Å². The normalized spacial score (nSPS) is 12.2. The van der Waals surface area contributed by atoms with Crippen LogP contribution < -0.4 is 11.3 Å². The maximum Gasteiger partial charge on any atom is 0.237 e. The average Bonchev–Trinajstić information content (AvgIpc) is 2.26. The number of thioether (sulfide) groups is 1. The Morgan fingerprint density at radius 2 is 2.27 bits per heavy atom. The van der Waals surface area contributed by atoms with E-state index in [9.17, 15) is 4.79 Å². The number of carbonyl (C=O) groups excluding carboxylic acids is 1. The summed E-state index contributed by atoms with van der Waals surface area (Å²) in [6.07, 6.45) is 0. The lowest BCUT2D eigenvalue weighted by molar-refractivity contribution is -0.123. The Hall–Kier alpha value is -0.710. The molecule has 1 aromatic rings. The number of halogens is 1. The van der Waals surface area contributed by atoms with Gasteiger partial charge in [-0.3, -0.25) is 10.2 Å². The first-order valence-electron chi connectivity index (χ1n) is 4.53. The lowest BCUT2D eigenvalue weighted by atomic mass is 10.2. The minimum atomic E-state index is -0.158. The van der Waals surface area contributed by atoms with Gasteiger partial charge >= 0.3 is 0 Å². The van der Waals surface area contributed by atoms with E-state index in [4.69, 9.17) is 17.4 Å². The largest absolute Gasteiger partial charge is 0.294 e. The summed E-state index contributed by atoms with van der Waals surface area (Å²) < 4.78 is 0. The summed E-state index contributed by atoms with van der Waals surface area (Å²) >= 11 is 7.53. The number of nitrogens with one attached hydrogen (secondary N) is 1. The van der Waals surface area contributed by atoms with Crippen molar-refractivity contribution in [3.8, 4) is 0 Å². The molecule has 0 fully saturated rings. The Morgan fingerprint density at radius 3 is 2.87 bits per heavy atom. The van der Waals surface area contributed by atoms with Crippen molar-refractivity contribution < 1.29 is 4.79 Å². The second kappa shape index (κ2) is 6.00. The Kier molecular flexibility index (Phi) is 4.94. The van der Waals surface area contributed by atoms with Gasteiger partial charge in [0.1, 0.15) is 0 Å². The molecule has 3 nitrogen and oxygen atoms in total. The molecule has 0 heterocycles. The third kappa shape index (κ3) is 3.74. The molecular formula is C10H13ClN2OS. The Labute approximate surface area is 98.3 Å². The van der Waals surface area contributed by atoms with Crippen molar-refractivity contribution in [2.24, 2.45) is 11.8 Å². The number of amides is 1. The van der Waals surface area contributed by atoms with Crippen LogP contribution in [-0.2, 0) is 4.79 Å². The first-order chi connectivity index (χ1) is 7.15. The molecule has 5 heteroatoms. The Balaban J connectivity index is 2.50. The van der Waals surface area contributed by atoms with Crippen LogP contribution in [0.3, 0.4) is 0 Å². The van der Waals surface area contributed by atoms with E-state index >= 15 is 0 Å². The Bertz CT molecular complexity index is 346. The van der Waals surface area contributed by atoms with Gasteiger partial charge in [0.25, 0.3) is 0 Å². The summed E-state index contributed by atoms with van der Waals surface area (Å²) in [6.45, 7) is 1.83. The van der Waals surface area contributed by atoms with Crippen molar-refractivity contribution in [2.45, 2.75) is 11.8 Å². The zero-order valence-electron chi connectivity index (χ0n) is 8.37. The molecule has 3 N–H and O–H groups in total. The average molecular weight is 245 g/mol. The van der Waals surface area contributed by atoms with Gasteiger partial charge in [0, 0.05) is 16.6 Å². The molecule has 82 valence electrons. The molecule has 0 bridgehead atoms. The van der Waals surface area contributed by atoms with Crippen LogP contribution in [-0.4, -0.2) is 11.7 Å². The summed E-state index contributed by atoms with van der Waals surface area (Å²) in [5, 5.41) is 0.711. The molecule has 0 saturated carbocycles. The third-order valence-electron chi connectivity index (χ3n) is 1.92. The fourth-order valence-corrected chi connectivity index (χ4v) is 2.26. The van der Waals surface area contributed by atoms with E-state index in [-0.39, 0.29) is 11.8 Å². The summed E-state index contributed by atoms with van der Waals surface area (Å²) in [7, 11) is 0. The maximum atomic E-state index is 11.1. The van der Waals surface area contributed by atoms with Crippen LogP contribution in [0.5, 0.6) is 0 Å². The van der Waals surface area contributed by atoms with Crippen molar-refractivity contribution in [1.82, 2.24) is 5.43 Å². The van der Waals surface area contributed by atoms with E-state index in [1.807, 2.05) is 31.2 Å². The monoisotopic (exact) mass is 244 g/mol. The van der Waals surface area contributed by atoms with Crippen LogP contribution in [0.25, 0.3) is 0 Å². The highest BCUT2D eigenvalue weighted by Crippen LogP contribution is 2.27. The van der Waals surface area contributed by atoms with Gasteiger partial charge in [0.2, 0.25) is 5.91 Å². The van der Waals surface area contributed by atoms with E-state index in [0.717, 1.165) is 4.90 Å². The minimum Gasteiger partial charge on any atom is -0.294 e. The predicted octanol–water partition coefficient (Wildman–Crippen LogP) is 2.06. The lowest BCUT2D eigenvalue weighted by Crippen LogP contribution is -2.35. The van der Waals surface area contributed by atoms with Crippen molar-refractivity contribution in [3.05, 3.63) is 29.3 Å². The molecule has 0 aliphatic carbocycles. The van der Waals surface area contributed by atoms with Crippen LogP contribution in [0.15, 0.2) is 29.2 Å². The fraction of sp³-hybridized carbons (Fsp3) is 0.300. The molecule has 0 radical (unpaired) electrons. The molecule has 0 saturated heterocycles. The van der Waals surface area contributed by atoms with Gasteiger partial charge in [-0.05, 0) is 12.1 Å². The van der Waals surface area contributed by atoms with Gasteiger partial charge in [0.15, 0.2) is 0 Å². The molecule has 0 aliphatic rings. The molecule has 0 spiro atoms. The molecule has 15 heavy (non-hydrogen) atoms. The van der Waals surface area contributed by atoms with E-state index in [0.29, 0.717) is 10.8 Å². The summed E-state index contributed by atoms with van der Waals surface area (Å²) in [5.74, 6) is 5.41. The molecule has 1 aromatic carbocycles. The first kappa shape index (κ1) is 12.4. The van der Waals surface area contributed by atoms with Crippen LogP contribution in [0.4, 0.5) is 0 Å². The number of hydrogen-bond donors (Lipinski definition) is 2. The Morgan fingerprint density at radius 1 is 1.60 bits per heavy atom. The molecule has 0 aromatic heterocycles. The predicted molar refractivity (Wildman–Crippen MR) is 63.7 cm³/mol. The van der Waals surface area contributed by atoms with Gasteiger partial charge in [-0.25, -0.2) is 5.84 Å². The highest BCUT2D eigenvalue weighted by atomic mass is 35.5. The topological polar surface area (TPSA) is 55.1 Å². The first-order valence-corrected chi connectivity index (χ1v) is 5.89. The van der Waals surface area contributed by atoms with Gasteiger partial charge in [-0.15, -0.1) is 11.8 Å². The maximum absolute atomic E-state index is 11.1. The van der Waals surface area contributed by atoms with Gasteiger partial charge in [0.05, 0.1) is 5.02 Å². The highest BCUT2D eigenvalue weighted by molar-refractivity contribution is 7.99. The molecule has 0 aliphatic heterocycles. The van der Waals surface area contributed by atoms with E-state index in [2.05, 4.69) is 5.43 Å². The van der Waals surface area contributed by atoms with E-state index in [1.54, 1.807) is 11.8 Å². The number of rotatable bonds is 4. The zero-order valence-corrected chi connectivity index (χ0v) is 9.94. The van der Waals surface area contributed by atoms with Crippen molar-refractivity contribution in [3.63, 3.8) is 0 Å². The highest BCUT2D eigenvalue weighted by Gasteiger charge is 2.12. The quantitative estimate of drug-likeness (QED) is 0.369. The van der Waals surface area contributed by atoms with Gasteiger partial charge in [-0.2, -0.15) is 0 Å². The van der Waals surface area contributed by atoms with Crippen molar-refractivity contribution in [2.75, 3.05) is 5.75 Å². The summed E-state index contributed by atoms with van der Waals surface area (Å²) in [5.41, 5.74) is 2.13. The second-order valence-corrected chi connectivity index (χ2v) is 4.62. The minimum absolute atomic E-state index is 0.128. The molecule has 1 atom stereocenters. The van der Waals surface area contributed by atoms with Gasteiger partial charge in [-0.1, -0.05) is 30.7 Å². The number of hydrogen-bond acceptors (Lipinski definition) is 3. The smallest absolute Gasteiger partial charge is 0.237 e. The number of nitrogens with two attached hydrogens (primary N) is 1. The third-order valence-corrected chi connectivity index (χ3v) is 3.69. The van der Waals surface area contributed by atoms with Crippen molar-refractivity contribution >= 4 is 29.3 Å².